The molecule has 0 unspecified atom stereocenters. The van der Waals surface area contributed by atoms with Gasteiger partial charge >= 0.3 is 5.97 Å². The van der Waals surface area contributed by atoms with Gasteiger partial charge in [0.25, 0.3) is 0 Å². The van der Waals surface area contributed by atoms with Crippen LogP contribution in [0.3, 0.4) is 0 Å². The van der Waals surface area contributed by atoms with Gasteiger partial charge in [-0.3, -0.25) is 4.98 Å². The van der Waals surface area contributed by atoms with Crippen LogP contribution in [0.2, 0.25) is 0 Å². The molecule has 2 rings (SSSR count). The lowest BCUT2D eigenvalue weighted by atomic mass is 9.96. The van der Waals surface area contributed by atoms with E-state index >= 15 is 0 Å². The molecule has 7 nitrogen and oxygen atoms in total. The van der Waals surface area contributed by atoms with Crippen molar-refractivity contribution in [3.05, 3.63) is 18.1 Å². The predicted octanol–water partition coefficient (Wildman–Crippen LogP) is 0.171. The van der Waals surface area contributed by atoms with Crippen LogP contribution in [0.15, 0.2) is 12.4 Å². The molecule has 1 aliphatic rings. The number of hydrogen-bond donors (Lipinski definition) is 2. The Labute approximate surface area is 124 Å². The van der Waals surface area contributed by atoms with Gasteiger partial charge in [-0.25, -0.2) is 9.78 Å². The third-order valence-electron chi connectivity index (χ3n) is 4.06. The van der Waals surface area contributed by atoms with Gasteiger partial charge < -0.3 is 20.0 Å². The second-order valence-electron chi connectivity index (χ2n) is 5.53. The highest BCUT2D eigenvalue weighted by molar-refractivity contribution is 5.85. The predicted molar refractivity (Wildman–Crippen MR) is 78.4 cm³/mol. The zero-order valence-corrected chi connectivity index (χ0v) is 12.4. The molecule has 1 fully saturated rings. The lowest BCUT2D eigenvalue weighted by molar-refractivity contribution is 0.0690. The van der Waals surface area contributed by atoms with E-state index in [1.165, 1.54) is 6.20 Å². The van der Waals surface area contributed by atoms with Crippen molar-refractivity contribution in [3.63, 3.8) is 0 Å². The molecule has 2 atom stereocenters. The van der Waals surface area contributed by atoms with Gasteiger partial charge in [-0.1, -0.05) is 6.92 Å². The molecule has 0 bridgehead atoms. The lowest BCUT2D eigenvalue weighted by Gasteiger charge is -2.22. The topological polar surface area (TPSA) is 89.8 Å². The quantitative estimate of drug-likeness (QED) is 0.773. The molecule has 2 heterocycles. The zero-order valence-electron chi connectivity index (χ0n) is 12.4. The molecule has 1 aromatic rings. The summed E-state index contributed by atoms with van der Waals surface area (Å²) >= 11 is 0. The van der Waals surface area contributed by atoms with E-state index in [1.54, 1.807) is 6.20 Å². The minimum atomic E-state index is -1.08. The normalized spacial score (nSPS) is 22.0. The summed E-state index contributed by atoms with van der Waals surface area (Å²) < 4.78 is 0. The fourth-order valence-electron chi connectivity index (χ4n) is 2.68. The van der Waals surface area contributed by atoms with Crippen LogP contribution in [-0.4, -0.2) is 70.9 Å². The maximum absolute atomic E-state index is 11.0. The molecule has 7 heteroatoms. The Hall–Kier alpha value is -1.73. The smallest absolute Gasteiger partial charge is 0.356 e. The van der Waals surface area contributed by atoms with Crippen LogP contribution >= 0.6 is 0 Å². The monoisotopic (exact) mass is 294 g/mol. The van der Waals surface area contributed by atoms with Crippen LogP contribution in [0.1, 0.15) is 17.4 Å². The molecule has 2 N–H and O–H groups in total. The van der Waals surface area contributed by atoms with Gasteiger partial charge in [-0.05, 0) is 19.5 Å². The number of hydrogen-bond acceptors (Lipinski definition) is 6. The molecule has 21 heavy (non-hydrogen) atoms. The van der Waals surface area contributed by atoms with Gasteiger partial charge in [0.2, 0.25) is 0 Å². The van der Waals surface area contributed by atoms with Gasteiger partial charge in [0, 0.05) is 32.2 Å². The Bertz CT molecular complexity index is 497. The van der Waals surface area contributed by atoms with E-state index < -0.39 is 5.97 Å². The van der Waals surface area contributed by atoms with Crippen molar-refractivity contribution in [2.45, 2.75) is 6.92 Å². The fourth-order valence-corrected chi connectivity index (χ4v) is 2.68. The summed E-state index contributed by atoms with van der Waals surface area (Å²) in [5.41, 5.74) is -0.0535. The SMILES string of the molecule is CCN(C)C[C@@H]1CN(c2cncc(C(=O)O)n2)C[C@@H]1CO. The number of aliphatic hydroxyl groups excluding tert-OH is 1. The van der Waals surface area contributed by atoms with Crippen molar-refractivity contribution >= 4 is 11.8 Å². The number of carbonyl (C=O) groups is 1. The van der Waals surface area contributed by atoms with Crippen LogP contribution in [0, 0.1) is 11.8 Å². The minimum Gasteiger partial charge on any atom is -0.476 e. The summed E-state index contributed by atoms with van der Waals surface area (Å²) in [5, 5.41) is 18.5. The molecule has 116 valence electrons. The summed E-state index contributed by atoms with van der Waals surface area (Å²) in [7, 11) is 2.06. The van der Waals surface area contributed by atoms with Crippen molar-refractivity contribution in [3.8, 4) is 0 Å². The molecule has 1 aromatic heterocycles. The number of aromatic carboxylic acids is 1. The highest BCUT2D eigenvalue weighted by Gasteiger charge is 2.33. The molecule has 1 saturated heterocycles. The number of carboxylic acids is 1. The lowest BCUT2D eigenvalue weighted by Crippen LogP contribution is -2.31. The average Bonchev–Trinajstić information content (AvgIpc) is 2.90. The Kier molecular flexibility index (Phi) is 5.08. The maximum atomic E-state index is 11.0. The third kappa shape index (κ3) is 3.68. The molecule has 0 spiro atoms. The van der Waals surface area contributed by atoms with E-state index in [9.17, 15) is 9.90 Å². The van der Waals surface area contributed by atoms with Crippen molar-refractivity contribution in [1.82, 2.24) is 14.9 Å². The Morgan fingerprint density at radius 2 is 2.14 bits per heavy atom. The molecule has 1 aliphatic heterocycles. The zero-order chi connectivity index (χ0) is 15.4. The summed E-state index contributed by atoms with van der Waals surface area (Å²) in [6, 6.07) is 0. The molecular formula is C14H22N4O3. The van der Waals surface area contributed by atoms with E-state index in [0.717, 1.165) is 19.6 Å². The average molecular weight is 294 g/mol. The van der Waals surface area contributed by atoms with E-state index in [0.29, 0.717) is 18.3 Å². The third-order valence-corrected chi connectivity index (χ3v) is 4.06. The van der Waals surface area contributed by atoms with Crippen LogP contribution in [0.25, 0.3) is 0 Å². The van der Waals surface area contributed by atoms with Gasteiger partial charge in [-0.2, -0.15) is 0 Å². The number of aromatic nitrogens is 2. The maximum Gasteiger partial charge on any atom is 0.356 e. The first kappa shape index (κ1) is 15.7. The number of nitrogens with zero attached hydrogens (tertiary/aromatic N) is 4. The summed E-state index contributed by atoms with van der Waals surface area (Å²) in [4.78, 5) is 23.3. The summed E-state index contributed by atoms with van der Waals surface area (Å²) in [6.45, 7) is 5.53. The molecule has 0 saturated carbocycles. The Balaban J connectivity index is 2.11. The molecule has 0 aliphatic carbocycles. The Morgan fingerprint density at radius 1 is 1.43 bits per heavy atom. The van der Waals surface area contributed by atoms with Crippen molar-refractivity contribution < 1.29 is 15.0 Å². The van der Waals surface area contributed by atoms with E-state index in [1.807, 2.05) is 4.90 Å². The molecule has 0 amide bonds. The minimum absolute atomic E-state index is 0.0535. The highest BCUT2D eigenvalue weighted by Crippen LogP contribution is 2.27. The number of aliphatic hydroxyl groups is 1. The largest absolute Gasteiger partial charge is 0.476 e. The van der Waals surface area contributed by atoms with Gasteiger partial charge in [-0.15, -0.1) is 0 Å². The first-order chi connectivity index (χ1) is 10.0. The van der Waals surface area contributed by atoms with E-state index in [4.69, 9.17) is 5.11 Å². The fraction of sp³-hybridized carbons (Fsp3) is 0.643. The summed E-state index contributed by atoms with van der Waals surface area (Å²) in [5.74, 6) is 0.00374. The van der Waals surface area contributed by atoms with Crippen molar-refractivity contribution in [2.75, 3.05) is 44.7 Å². The number of rotatable bonds is 6. The standard InChI is InChI=1S/C14H22N4O3/c1-3-17(2)6-10-7-18(8-11(10)9-19)13-5-15-4-12(16-13)14(20)21/h4-5,10-11,19H,3,6-9H2,1-2H3,(H,20,21)/t10-,11-/m1/s1. The second-order valence-corrected chi connectivity index (χ2v) is 5.53. The van der Waals surface area contributed by atoms with Crippen molar-refractivity contribution in [2.24, 2.45) is 11.8 Å². The van der Waals surface area contributed by atoms with Gasteiger partial charge in [0.15, 0.2) is 5.69 Å². The van der Waals surface area contributed by atoms with Crippen LogP contribution in [0.4, 0.5) is 5.82 Å². The second kappa shape index (κ2) is 6.82. The first-order valence-electron chi connectivity index (χ1n) is 7.14. The van der Waals surface area contributed by atoms with Crippen LogP contribution < -0.4 is 4.90 Å². The van der Waals surface area contributed by atoms with Gasteiger partial charge in [0.05, 0.1) is 12.4 Å². The first-order valence-corrected chi connectivity index (χ1v) is 7.14. The highest BCUT2D eigenvalue weighted by atomic mass is 16.4. The van der Waals surface area contributed by atoms with E-state index in [-0.39, 0.29) is 18.2 Å². The van der Waals surface area contributed by atoms with Gasteiger partial charge in [0.1, 0.15) is 5.82 Å². The van der Waals surface area contributed by atoms with Crippen LogP contribution in [0.5, 0.6) is 0 Å². The summed E-state index contributed by atoms with van der Waals surface area (Å²) in [6.07, 6.45) is 2.82. The number of anilines is 1. The number of carboxylic acid groups (broad SMARTS) is 1. The Morgan fingerprint density at radius 3 is 2.76 bits per heavy atom. The van der Waals surface area contributed by atoms with E-state index in [2.05, 4.69) is 28.8 Å². The van der Waals surface area contributed by atoms with Crippen LogP contribution in [-0.2, 0) is 0 Å². The van der Waals surface area contributed by atoms with Crippen molar-refractivity contribution in [1.29, 1.82) is 0 Å². The molecule has 0 radical (unpaired) electrons. The molecular weight excluding hydrogens is 272 g/mol. The molecule has 0 aromatic carbocycles.